The molecule has 1 aliphatic heterocycles. The van der Waals surface area contributed by atoms with Gasteiger partial charge in [0.05, 0.1) is 5.71 Å². The molecule has 3 rings (SSSR count). The lowest BCUT2D eigenvalue weighted by Crippen LogP contribution is -2.26. The van der Waals surface area contributed by atoms with Gasteiger partial charge in [0.2, 0.25) is 0 Å². The molecule has 0 aliphatic carbocycles. The molecule has 0 saturated heterocycles. The second kappa shape index (κ2) is 6.79. The number of benzene rings is 2. The van der Waals surface area contributed by atoms with Crippen LogP contribution in [0, 0.1) is 0 Å². The SMILES string of the molecule is CC(C)N=C1NN=C(c2ccc(-c3ccccc3)cc2)CS1. The van der Waals surface area contributed by atoms with Crippen LogP contribution in [0.25, 0.3) is 11.1 Å². The molecule has 0 aromatic heterocycles. The third kappa shape index (κ3) is 3.57. The van der Waals surface area contributed by atoms with Crippen LogP contribution in [0.2, 0.25) is 0 Å². The van der Waals surface area contributed by atoms with Gasteiger partial charge in [-0.15, -0.1) is 0 Å². The maximum absolute atomic E-state index is 4.48. The van der Waals surface area contributed by atoms with Crippen LogP contribution in [0.5, 0.6) is 0 Å². The Morgan fingerprint density at radius 2 is 1.59 bits per heavy atom. The van der Waals surface area contributed by atoms with E-state index in [9.17, 15) is 0 Å². The molecule has 0 radical (unpaired) electrons. The molecule has 22 heavy (non-hydrogen) atoms. The molecular formula is C18H19N3S. The van der Waals surface area contributed by atoms with Crippen molar-refractivity contribution in [3.8, 4) is 11.1 Å². The lowest BCUT2D eigenvalue weighted by molar-refractivity contribution is 0.826. The van der Waals surface area contributed by atoms with E-state index in [4.69, 9.17) is 0 Å². The topological polar surface area (TPSA) is 36.8 Å². The maximum Gasteiger partial charge on any atom is 0.177 e. The summed E-state index contributed by atoms with van der Waals surface area (Å²) in [4.78, 5) is 4.48. The van der Waals surface area contributed by atoms with Gasteiger partial charge in [-0.1, -0.05) is 66.4 Å². The molecule has 0 unspecified atom stereocenters. The van der Waals surface area contributed by atoms with Crippen molar-refractivity contribution in [3.05, 3.63) is 60.2 Å². The molecule has 2 aromatic carbocycles. The van der Waals surface area contributed by atoms with E-state index in [1.54, 1.807) is 11.8 Å². The van der Waals surface area contributed by atoms with Gasteiger partial charge >= 0.3 is 0 Å². The first-order valence-electron chi connectivity index (χ1n) is 7.41. The number of nitrogens with one attached hydrogen (secondary N) is 1. The normalized spacial score (nSPS) is 16.5. The highest BCUT2D eigenvalue weighted by Gasteiger charge is 2.13. The van der Waals surface area contributed by atoms with Crippen molar-refractivity contribution in [1.82, 2.24) is 5.43 Å². The summed E-state index contributed by atoms with van der Waals surface area (Å²) in [5.74, 6) is 0.850. The largest absolute Gasteiger partial charge is 0.258 e. The maximum atomic E-state index is 4.48. The molecule has 0 saturated carbocycles. The number of rotatable bonds is 3. The molecule has 0 fully saturated rings. The van der Waals surface area contributed by atoms with E-state index in [-0.39, 0.29) is 6.04 Å². The fourth-order valence-electron chi connectivity index (χ4n) is 2.25. The Hall–Kier alpha value is -2.07. The lowest BCUT2D eigenvalue weighted by Gasteiger charge is -2.15. The Morgan fingerprint density at radius 1 is 0.955 bits per heavy atom. The zero-order chi connectivity index (χ0) is 15.4. The van der Waals surface area contributed by atoms with Crippen LogP contribution in [-0.2, 0) is 0 Å². The Labute approximate surface area is 135 Å². The van der Waals surface area contributed by atoms with Crippen LogP contribution < -0.4 is 5.43 Å². The lowest BCUT2D eigenvalue weighted by atomic mass is 10.0. The van der Waals surface area contributed by atoms with Gasteiger partial charge in [0.1, 0.15) is 0 Å². The number of thioether (sulfide) groups is 1. The summed E-state index contributed by atoms with van der Waals surface area (Å²) < 4.78 is 0. The molecule has 1 heterocycles. The van der Waals surface area contributed by atoms with E-state index >= 15 is 0 Å². The van der Waals surface area contributed by atoms with Crippen molar-refractivity contribution in [2.45, 2.75) is 19.9 Å². The Kier molecular flexibility index (Phi) is 4.59. The molecule has 112 valence electrons. The molecule has 0 amide bonds. The standard InChI is InChI=1S/C18H19N3S/c1-13(2)19-18-21-20-17(12-22-18)16-10-8-15(9-11-16)14-6-4-3-5-7-14/h3-11,13H,12H2,1-2H3,(H,19,21). The second-order valence-corrected chi connectivity index (χ2v) is 6.39. The first-order valence-corrected chi connectivity index (χ1v) is 8.40. The molecule has 2 aromatic rings. The minimum Gasteiger partial charge on any atom is -0.258 e. The molecule has 1 N–H and O–H groups in total. The molecule has 0 spiro atoms. The van der Waals surface area contributed by atoms with E-state index in [1.807, 2.05) is 6.07 Å². The van der Waals surface area contributed by atoms with E-state index < -0.39 is 0 Å². The van der Waals surface area contributed by atoms with Gasteiger partial charge in [-0.25, -0.2) is 0 Å². The Balaban J connectivity index is 1.76. The van der Waals surface area contributed by atoms with Crippen molar-refractivity contribution in [3.63, 3.8) is 0 Å². The zero-order valence-electron chi connectivity index (χ0n) is 12.8. The average Bonchev–Trinajstić information content (AvgIpc) is 2.56. The molecule has 0 atom stereocenters. The van der Waals surface area contributed by atoms with Crippen LogP contribution in [0.1, 0.15) is 19.4 Å². The van der Waals surface area contributed by atoms with Crippen molar-refractivity contribution in [2.75, 3.05) is 5.75 Å². The monoisotopic (exact) mass is 309 g/mol. The van der Waals surface area contributed by atoms with Crippen LogP contribution in [-0.4, -0.2) is 22.7 Å². The molecule has 1 aliphatic rings. The molecule has 0 bridgehead atoms. The fourth-order valence-corrected chi connectivity index (χ4v) is 3.15. The molecule has 4 heteroatoms. The minimum atomic E-state index is 0.289. The number of nitrogens with zero attached hydrogens (tertiary/aromatic N) is 2. The van der Waals surface area contributed by atoms with Crippen LogP contribution in [0.15, 0.2) is 64.7 Å². The Morgan fingerprint density at radius 3 is 2.18 bits per heavy atom. The second-order valence-electron chi connectivity index (χ2n) is 5.43. The van der Waals surface area contributed by atoms with E-state index in [2.05, 4.69) is 77.9 Å². The highest BCUT2D eigenvalue weighted by atomic mass is 32.2. The smallest absolute Gasteiger partial charge is 0.177 e. The van der Waals surface area contributed by atoms with E-state index in [0.717, 1.165) is 22.2 Å². The number of hydrogen-bond donors (Lipinski definition) is 1. The number of hydrazone groups is 1. The summed E-state index contributed by atoms with van der Waals surface area (Å²) in [6.07, 6.45) is 0. The predicted molar refractivity (Wildman–Crippen MR) is 96.6 cm³/mol. The quantitative estimate of drug-likeness (QED) is 0.924. The summed E-state index contributed by atoms with van der Waals surface area (Å²) in [6, 6.07) is 19.3. The van der Waals surface area contributed by atoms with Crippen LogP contribution in [0.3, 0.4) is 0 Å². The highest BCUT2D eigenvalue weighted by molar-refractivity contribution is 8.14. The Bertz CT molecular complexity index is 688. The summed E-state index contributed by atoms with van der Waals surface area (Å²) in [5, 5.41) is 5.35. The van der Waals surface area contributed by atoms with Crippen LogP contribution in [0.4, 0.5) is 0 Å². The van der Waals surface area contributed by atoms with E-state index in [0.29, 0.717) is 0 Å². The van der Waals surface area contributed by atoms with Crippen molar-refractivity contribution in [1.29, 1.82) is 0 Å². The van der Waals surface area contributed by atoms with Gasteiger partial charge < -0.3 is 0 Å². The molecule has 3 nitrogen and oxygen atoms in total. The summed E-state index contributed by atoms with van der Waals surface area (Å²) in [5.41, 5.74) is 7.72. The summed E-state index contributed by atoms with van der Waals surface area (Å²) in [6.45, 7) is 4.13. The number of hydrogen-bond acceptors (Lipinski definition) is 3. The van der Waals surface area contributed by atoms with E-state index in [1.165, 1.54) is 11.1 Å². The van der Waals surface area contributed by atoms with Gasteiger partial charge in [-0.3, -0.25) is 10.4 Å². The summed E-state index contributed by atoms with van der Waals surface area (Å²) >= 11 is 1.70. The van der Waals surface area contributed by atoms with Crippen molar-refractivity contribution >= 4 is 22.6 Å². The summed E-state index contributed by atoms with van der Waals surface area (Å²) in [7, 11) is 0. The highest BCUT2D eigenvalue weighted by Crippen LogP contribution is 2.21. The number of aliphatic imine (C=N–C) groups is 1. The van der Waals surface area contributed by atoms with Gasteiger partial charge in [0, 0.05) is 11.8 Å². The van der Waals surface area contributed by atoms with Crippen molar-refractivity contribution in [2.24, 2.45) is 10.1 Å². The average molecular weight is 309 g/mol. The van der Waals surface area contributed by atoms with Gasteiger partial charge in [0.25, 0.3) is 0 Å². The fraction of sp³-hybridized carbons (Fsp3) is 0.222. The van der Waals surface area contributed by atoms with Gasteiger partial charge in [-0.05, 0) is 30.5 Å². The third-order valence-electron chi connectivity index (χ3n) is 3.33. The number of amidine groups is 1. The predicted octanol–water partition coefficient (Wildman–Crippen LogP) is 4.16. The van der Waals surface area contributed by atoms with Gasteiger partial charge in [0.15, 0.2) is 5.17 Å². The minimum absolute atomic E-state index is 0.289. The van der Waals surface area contributed by atoms with Crippen molar-refractivity contribution < 1.29 is 0 Å². The van der Waals surface area contributed by atoms with Crippen LogP contribution >= 0.6 is 11.8 Å². The third-order valence-corrected chi connectivity index (χ3v) is 4.22. The molecular weight excluding hydrogens is 290 g/mol. The van der Waals surface area contributed by atoms with Gasteiger partial charge in [-0.2, -0.15) is 5.10 Å². The zero-order valence-corrected chi connectivity index (χ0v) is 13.6. The first kappa shape index (κ1) is 14.9. The first-order chi connectivity index (χ1) is 10.7.